The number of carbonyl (C=O) groups is 1. The van der Waals surface area contributed by atoms with E-state index in [-0.39, 0.29) is 18.1 Å². The van der Waals surface area contributed by atoms with E-state index < -0.39 is 0 Å². The maximum absolute atomic E-state index is 12.3. The number of nitrogens with zero attached hydrogens (tertiary/aromatic N) is 3. The average Bonchev–Trinajstić information content (AvgIpc) is 3.15. The molecule has 0 aromatic carbocycles. The first-order chi connectivity index (χ1) is 12.2. The van der Waals surface area contributed by atoms with Gasteiger partial charge in [0.15, 0.2) is 0 Å². The summed E-state index contributed by atoms with van der Waals surface area (Å²) >= 11 is 0. The van der Waals surface area contributed by atoms with Crippen LogP contribution in [0.2, 0.25) is 0 Å². The largest absolute Gasteiger partial charge is 0.468 e. The van der Waals surface area contributed by atoms with Crippen molar-refractivity contribution in [3.63, 3.8) is 0 Å². The summed E-state index contributed by atoms with van der Waals surface area (Å²) in [5.41, 5.74) is 0.700. The Morgan fingerprint density at radius 1 is 1.12 bits per heavy atom. The third kappa shape index (κ3) is 3.75. The highest BCUT2D eigenvalue weighted by Crippen LogP contribution is 2.31. The number of pyridine rings is 1. The summed E-state index contributed by atoms with van der Waals surface area (Å²) in [5.74, 6) is 1.04. The van der Waals surface area contributed by atoms with Crippen molar-refractivity contribution in [3.05, 3.63) is 54.2 Å². The van der Waals surface area contributed by atoms with Crippen molar-refractivity contribution in [2.24, 2.45) is 0 Å². The van der Waals surface area contributed by atoms with Gasteiger partial charge in [-0.05, 0) is 37.1 Å². The molecule has 0 aliphatic carbocycles. The van der Waals surface area contributed by atoms with Crippen molar-refractivity contribution in [2.45, 2.75) is 31.5 Å². The molecule has 2 aliphatic rings. The van der Waals surface area contributed by atoms with Crippen molar-refractivity contribution < 1.29 is 13.9 Å². The summed E-state index contributed by atoms with van der Waals surface area (Å²) in [6, 6.07) is 9.74. The summed E-state index contributed by atoms with van der Waals surface area (Å²) in [5, 5.41) is 0. The number of hydrogen-bond donors (Lipinski definition) is 0. The molecule has 0 radical (unpaired) electrons. The van der Waals surface area contributed by atoms with Crippen LogP contribution in [0.4, 0.5) is 0 Å². The molecule has 25 heavy (non-hydrogen) atoms. The van der Waals surface area contributed by atoms with Crippen LogP contribution in [0.5, 0.6) is 0 Å². The van der Waals surface area contributed by atoms with Gasteiger partial charge in [0, 0.05) is 19.3 Å². The van der Waals surface area contributed by atoms with E-state index in [0.717, 1.165) is 43.9 Å². The van der Waals surface area contributed by atoms with E-state index in [1.54, 1.807) is 12.5 Å². The van der Waals surface area contributed by atoms with Gasteiger partial charge in [-0.25, -0.2) is 0 Å². The number of furan rings is 1. The third-order valence-electron chi connectivity index (χ3n) is 5.14. The fraction of sp³-hybridized carbons (Fsp3) is 0.474. The minimum Gasteiger partial charge on any atom is -0.468 e. The first kappa shape index (κ1) is 16.3. The van der Waals surface area contributed by atoms with Crippen LogP contribution in [-0.4, -0.2) is 52.5 Å². The Morgan fingerprint density at radius 2 is 2.00 bits per heavy atom. The van der Waals surface area contributed by atoms with E-state index in [4.69, 9.17) is 9.15 Å². The number of piperidine rings is 1. The van der Waals surface area contributed by atoms with Crippen molar-refractivity contribution in [2.75, 3.05) is 26.2 Å². The highest BCUT2D eigenvalue weighted by molar-refractivity contribution is 5.78. The molecule has 6 nitrogen and oxygen atoms in total. The Hall–Kier alpha value is -2.18. The molecular formula is C19H23N3O3. The lowest BCUT2D eigenvalue weighted by Gasteiger charge is -2.46. The molecule has 2 aliphatic heterocycles. The monoisotopic (exact) mass is 341 g/mol. The van der Waals surface area contributed by atoms with Crippen LogP contribution in [-0.2, 0) is 22.6 Å². The third-order valence-corrected chi connectivity index (χ3v) is 5.14. The van der Waals surface area contributed by atoms with Gasteiger partial charge in [0.05, 0.1) is 37.2 Å². The highest BCUT2D eigenvalue weighted by atomic mass is 16.5. The van der Waals surface area contributed by atoms with Gasteiger partial charge in [-0.2, -0.15) is 0 Å². The van der Waals surface area contributed by atoms with Crippen LogP contribution < -0.4 is 0 Å². The molecule has 132 valence electrons. The second kappa shape index (κ2) is 6.98. The molecule has 2 aromatic rings. The van der Waals surface area contributed by atoms with Crippen LogP contribution >= 0.6 is 0 Å². The minimum absolute atomic E-state index is 0.0503. The number of morpholine rings is 1. The maximum Gasteiger partial charge on any atom is 0.249 e. The molecule has 0 N–H and O–H groups in total. The lowest BCUT2D eigenvalue weighted by atomic mass is 9.89. The number of ether oxygens (including phenoxy) is 1. The lowest BCUT2D eigenvalue weighted by molar-refractivity contribution is -0.173. The minimum atomic E-state index is -0.220. The molecule has 2 saturated heterocycles. The molecule has 6 heteroatoms. The lowest BCUT2D eigenvalue weighted by Crippen LogP contribution is -2.58. The standard InChI is InChI=1S/C19H23N3O3/c23-18-14-25-19(15-22(18)12-16-4-1-2-8-20-16)6-9-21(10-7-19)13-17-5-3-11-24-17/h1-5,8,11H,6-7,9-10,12-15H2. The Labute approximate surface area is 147 Å². The number of hydrogen-bond acceptors (Lipinski definition) is 5. The maximum atomic E-state index is 12.3. The zero-order valence-corrected chi connectivity index (χ0v) is 14.3. The number of aromatic nitrogens is 1. The zero-order valence-electron chi connectivity index (χ0n) is 14.3. The molecular weight excluding hydrogens is 318 g/mol. The van der Waals surface area contributed by atoms with Gasteiger partial charge >= 0.3 is 0 Å². The molecule has 2 fully saturated rings. The zero-order chi connectivity index (χ0) is 17.1. The van der Waals surface area contributed by atoms with E-state index in [2.05, 4.69) is 9.88 Å². The molecule has 4 heterocycles. The predicted molar refractivity (Wildman–Crippen MR) is 91.6 cm³/mol. The molecule has 0 saturated carbocycles. The van der Waals surface area contributed by atoms with Crippen molar-refractivity contribution in [3.8, 4) is 0 Å². The van der Waals surface area contributed by atoms with E-state index >= 15 is 0 Å². The fourth-order valence-corrected chi connectivity index (χ4v) is 3.66. The summed E-state index contributed by atoms with van der Waals surface area (Å²) in [7, 11) is 0. The number of rotatable bonds is 4. The van der Waals surface area contributed by atoms with Gasteiger partial charge in [0.1, 0.15) is 12.4 Å². The molecule has 0 bridgehead atoms. The van der Waals surface area contributed by atoms with Crippen LogP contribution in [0.15, 0.2) is 47.2 Å². The quantitative estimate of drug-likeness (QED) is 0.852. The second-order valence-electron chi connectivity index (χ2n) is 6.90. The Balaban J connectivity index is 1.37. The van der Waals surface area contributed by atoms with E-state index in [1.165, 1.54) is 0 Å². The first-order valence-electron chi connectivity index (χ1n) is 8.79. The normalized spacial score (nSPS) is 21.0. The Bertz CT molecular complexity index is 694. The summed E-state index contributed by atoms with van der Waals surface area (Å²) in [4.78, 5) is 20.9. The molecule has 2 aromatic heterocycles. The molecule has 4 rings (SSSR count). The first-order valence-corrected chi connectivity index (χ1v) is 8.79. The van der Waals surface area contributed by atoms with Gasteiger partial charge in [-0.3, -0.25) is 14.7 Å². The highest BCUT2D eigenvalue weighted by Gasteiger charge is 2.42. The number of carbonyl (C=O) groups excluding carboxylic acids is 1. The van der Waals surface area contributed by atoms with Crippen LogP contribution in [0.25, 0.3) is 0 Å². The van der Waals surface area contributed by atoms with Gasteiger partial charge in [0.2, 0.25) is 5.91 Å². The van der Waals surface area contributed by atoms with Crippen LogP contribution in [0.1, 0.15) is 24.3 Å². The fourth-order valence-electron chi connectivity index (χ4n) is 3.66. The Kier molecular flexibility index (Phi) is 4.55. The summed E-state index contributed by atoms with van der Waals surface area (Å²) < 4.78 is 11.4. The topological polar surface area (TPSA) is 58.8 Å². The molecule has 0 unspecified atom stereocenters. The summed E-state index contributed by atoms with van der Waals surface area (Å²) in [6.07, 6.45) is 5.34. The second-order valence-corrected chi connectivity index (χ2v) is 6.90. The van der Waals surface area contributed by atoms with Crippen molar-refractivity contribution >= 4 is 5.91 Å². The number of likely N-dealkylation sites (tertiary alicyclic amines) is 1. The Morgan fingerprint density at radius 3 is 2.72 bits per heavy atom. The molecule has 1 amide bonds. The summed E-state index contributed by atoms with van der Waals surface area (Å²) in [6.45, 7) is 4.11. The van der Waals surface area contributed by atoms with Gasteiger partial charge in [-0.1, -0.05) is 6.07 Å². The predicted octanol–water partition coefficient (Wildman–Crippen LogP) is 2.07. The van der Waals surface area contributed by atoms with Gasteiger partial charge in [-0.15, -0.1) is 0 Å². The van der Waals surface area contributed by atoms with Crippen molar-refractivity contribution in [1.29, 1.82) is 0 Å². The van der Waals surface area contributed by atoms with E-state index in [1.807, 2.05) is 35.2 Å². The molecule has 1 spiro atoms. The van der Waals surface area contributed by atoms with Crippen molar-refractivity contribution in [1.82, 2.24) is 14.8 Å². The van der Waals surface area contributed by atoms with Crippen LogP contribution in [0, 0.1) is 0 Å². The number of amides is 1. The smallest absolute Gasteiger partial charge is 0.249 e. The van der Waals surface area contributed by atoms with Gasteiger partial charge in [0.25, 0.3) is 0 Å². The van der Waals surface area contributed by atoms with E-state index in [0.29, 0.717) is 13.1 Å². The average molecular weight is 341 g/mol. The van der Waals surface area contributed by atoms with Gasteiger partial charge < -0.3 is 14.1 Å². The van der Waals surface area contributed by atoms with E-state index in [9.17, 15) is 4.79 Å². The SMILES string of the molecule is O=C1COC2(CCN(Cc3ccco3)CC2)CN1Cc1ccccn1. The molecule has 0 atom stereocenters. The van der Waals surface area contributed by atoms with Crippen LogP contribution in [0.3, 0.4) is 0 Å².